The van der Waals surface area contributed by atoms with Gasteiger partial charge in [0.05, 0.1) is 30.8 Å². The first-order valence-electron chi connectivity index (χ1n) is 12.0. The molecule has 0 unspecified atom stereocenters. The molecule has 1 aliphatic heterocycles. The van der Waals surface area contributed by atoms with Crippen LogP contribution in [0.3, 0.4) is 0 Å². The number of pyridine rings is 1. The Morgan fingerprint density at radius 2 is 1.82 bits per heavy atom. The summed E-state index contributed by atoms with van der Waals surface area (Å²) in [4.78, 5) is 53.5. The normalized spacial score (nSPS) is 14.7. The Morgan fingerprint density at radius 1 is 1.05 bits per heavy atom. The number of carbonyl (C=O) groups is 3. The van der Waals surface area contributed by atoms with Crippen LogP contribution in [0.15, 0.2) is 79.4 Å². The molecule has 39 heavy (non-hydrogen) atoms. The van der Waals surface area contributed by atoms with E-state index in [1.165, 1.54) is 24.4 Å². The number of aromatic nitrogens is 3. The number of anilines is 2. The van der Waals surface area contributed by atoms with E-state index in [1.54, 1.807) is 60.9 Å². The number of nitrogens with one attached hydrogen (secondary N) is 2. The first kappa shape index (κ1) is 25.8. The van der Waals surface area contributed by atoms with Crippen molar-refractivity contribution in [3.8, 4) is 5.75 Å². The quantitative estimate of drug-likeness (QED) is 0.361. The van der Waals surface area contributed by atoms with Gasteiger partial charge in [0.2, 0.25) is 11.9 Å². The first-order chi connectivity index (χ1) is 18.9. The highest BCUT2D eigenvalue weighted by molar-refractivity contribution is 6.31. The Labute approximate surface area is 229 Å². The Hall–Kier alpha value is -4.83. The highest BCUT2D eigenvalue weighted by Gasteiger charge is 2.35. The molecule has 1 aliphatic rings. The Kier molecular flexibility index (Phi) is 7.46. The molecule has 0 saturated carbocycles. The molecule has 0 fully saturated rings. The summed E-state index contributed by atoms with van der Waals surface area (Å²) in [6, 6.07) is 14.4. The molecule has 3 heterocycles. The fourth-order valence-electron chi connectivity index (χ4n) is 4.21. The molecule has 0 spiro atoms. The second-order valence-electron chi connectivity index (χ2n) is 8.79. The highest BCUT2D eigenvalue weighted by atomic mass is 35.5. The number of amides is 3. The number of methoxy groups -OCH3 is 1. The molecule has 0 aliphatic carbocycles. The van der Waals surface area contributed by atoms with E-state index in [4.69, 9.17) is 16.3 Å². The second kappa shape index (κ2) is 11.3. The number of ether oxygens (including phenoxy) is 1. The molecular weight excluding hydrogens is 520 g/mol. The van der Waals surface area contributed by atoms with Gasteiger partial charge in [0.15, 0.2) is 5.75 Å². The van der Waals surface area contributed by atoms with Gasteiger partial charge in [-0.1, -0.05) is 29.8 Å². The summed E-state index contributed by atoms with van der Waals surface area (Å²) >= 11 is 6.13. The van der Waals surface area contributed by atoms with Crippen LogP contribution in [-0.2, 0) is 17.8 Å². The van der Waals surface area contributed by atoms with Crippen molar-refractivity contribution in [1.29, 1.82) is 0 Å². The summed E-state index contributed by atoms with van der Waals surface area (Å²) in [5.74, 6) is -0.419. The van der Waals surface area contributed by atoms with E-state index < -0.39 is 11.9 Å². The van der Waals surface area contributed by atoms with Crippen LogP contribution in [0.2, 0.25) is 5.02 Å². The smallest absolute Gasteiger partial charge is 0.258 e. The molecule has 3 amide bonds. The maximum Gasteiger partial charge on any atom is 0.258 e. The lowest BCUT2D eigenvalue weighted by molar-refractivity contribution is -0.120. The second-order valence-corrected chi connectivity index (χ2v) is 9.23. The van der Waals surface area contributed by atoms with E-state index in [1.807, 2.05) is 6.07 Å². The molecule has 1 atom stereocenters. The molecule has 2 aromatic heterocycles. The summed E-state index contributed by atoms with van der Waals surface area (Å²) in [7, 11) is 1.50. The largest absolute Gasteiger partial charge is 0.494 e. The van der Waals surface area contributed by atoms with Crippen molar-refractivity contribution in [2.24, 2.45) is 0 Å². The number of nitrogens with zero attached hydrogens (tertiary/aromatic N) is 4. The van der Waals surface area contributed by atoms with Crippen molar-refractivity contribution in [1.82, 2.24) is 19.9 Å². The number of fused-ring (bicyclic) bond motifs is 1. The van der Waals surface area contributed by atoms with Gasteiger partial charge in [-0.05, 0) is 47.5 Å². The van der Waals surface area contributed by atoms with E-state index in [0.29, 0.717) is 27.6 Å². The van der Waals surface area contributed by atoms with Crippen molar-refractivity contribution < 1.29 is 19.1 Å². The predicted molar refractivity (Wildman–Crippen MR) is 145 cm³/mol. The lowest BCUT2D eigenvalue weighted by Crippen LogP contribution is -2.46. The monoisotopic (exact) mass is 542 g/mol. The van der Waals surface area contributed by atoms with Crippen molar-refractivity contribution in [3.63, 3.8) is 0 Å². The Morgan fingerprint density at radius 3 is 2.51 bits per heavy atom. The molecule has 10 nitrogen and oxygen atoms in total. The zero-order chi connectivity index (χ0) is 27.4. The minimum absolute atomic E-state index is 0.142. The van der Waals surface area contributed by atoms with Crippen LogP contribution in [0.4, 0.5) is 11.6 Å². The molecular formula is C28H23ClN6O4. The van der Waals surface area contributed by atoms with E-state index in [9.17, 15) is 14.4 Å². The molecule has 196 valence electrons. The topological polar surface area (TPSA) is 126 Å². The highest BCUT2D eigenvalue weighted by Crippen LogP contribution is 2.29. The lowest BCUT2D eigenvalue weighted by atomic mass is 10.0. The van der Waals surface area contributed by atoms with E-state index in [2.05, 4.69) is 25.6 Å². The average Bonchev–Trinajstić information content (AvgIpc) is 3.04. The van der Waals surface area contributed by atoms with Crippen LogP contribution in [0.25, 0.3) is 0 Å². The van der Waals surface area contributed by atoms with E-state index in [-0.39, 0.29) is 30.7 Å². The minimum atomic E-state index is -0.803. The van der Waals surface area contributed by atoms with Crippen molar-refractivity contribution in [2.75, 3.05) is 17.7 Å². The summed E-state index contributed by atoms with van der Waals surface area (Å²) in [5, 5.41) is 5.90. The van der Waals surface area contributed by atoms with Crippen LogP contribution in [0.5, 0.6) is 5.75 Å². The van der Waals surface area contributed by atoms with Gasteiger partial charge in [-0.3, -0.25) is 24.7 Å². The van der Waals surface area contributed by atoms with Crippen LogP contribution in [0, 0.1) is 0 Å². The number of carbonyl (C=O) groups excluding carboxylic acids is 3. The predicted octanol–water partition coefficient (Wildman–Crippen LogP) is 3.99. The zero-order valence-corrected chi connectivity index (χ0v) is 21.6. The summed E-state index contributed by atoms with van der Waals surface area (Å²) in [5.41, 5.74) is 2.64. The molecule has 2 N–H and O–H groups in total. The maximum absolute atomic E-state index is 13.7. The van der Waals surface area contributed by atoms with Crippen molar-refractivity contribution in [3.05, 3.63) is 107 Å². The van der Waals surface area contributed by atoms with E-state index >= 15 is 0 Å². The van der Waals surface area contributed by atoms with Crippen molar-refractivity contribution in [2.45, 2.75) is 19.0 Å². The van der Waals surface area contributed by atoms with Crippen LogP contribution in [0.1, 0.15) is 31.8 Å². The number of rotatable bonds is 7. The number of hydrogen-bond acceptors (Lipinski definition) is 7. The van der Waals surface area contributed by atoms with Gasteiger partial charge >= 0.3 is 0 Å². The minimum Gasteiger partial charge on any atom is -0.494 e. The van der Waals surface area contributed by atoms with Crippen molar-refractivity contribution >= 4 is 41.0 Å². The van der Waals surface area contributed by atoms with Crippen LogP contribution >= 0.6 is 11.6 Å². The van der Waals surface area contributed by atoms with Gasteiger partial charge in [-0.25, -0.2) is 9.97 Å². The lowest BCUT2D eigenvalue weighted by Gasteiger charge is -2.29. The van der Waals surface area contributed by atoms with Gasteiger partial charge in [0.25, 0.3) is 11.8 Å². The van der Waals surface area contributed by atoms with Crippen LogP contribution < -0.4 is 15.4 Å². The van der Waals surface area contributed by atoms with Gasteiger partial charge in [-0.2, -0.15) is 0 Å². The molecule has 0 saturated heterocycles. The number of halogens is 1. The molecule has 11 heteroatoms. The third kappa shape index (κ3) is 5.86. The van der Waals surface area contributed by atoms with Gasteiger partial charge in [-0.15, -0.1) is 0 Å². The number of benzene rings is 2. The standard InChI is InChI=1S/C28H23ClN6O4/c1-39-21-14-31-28(32-15-21)34-25(36)19-6-4-17(5-7-19)16-35-24(11-18-3-2-10-30-13-18)26(37)33-23-12-20(29)8-9-22(23)27(35)38/h2-10,12-15,24H,11,16H2,1H3,(H,33,37)(H,31,32,34,36)/t24-/m1/s1. The molecule has 4 aromatic rings. The summed E-state index contributed by atoms with van der Waals surface area (Å²) in [6.45, 7) is 0.142. The molecule has 5 rings (SSSR count). The molecule has 0 bridgehead atoms. The first-order valence-corrected chi connectivity index (χ1v) is 12.4. The third-order valence-electron chi connectivity index (χ3n) is 6.22. The third-order valence-corrected chi connectivity index (χ3v) is 6.45. The van der Waals surface area contributed by atoms with Gasteiger partial charge in [0, 0.05) is 35.9 Å². The van der Waals surface area contributed by atoms with E-state index in [0.717, 1.165) is 11.1 Å². The zero-order valence-electron chi connectivity index (χ0n) is 20.8. The molecule has 2 aromatic carbocycles. The van der Waals surface area contributed by atoms with Gasteiger partial charge < -0.3 is 15.0 Å². The summed E-state index contributed by atoms with van der Waals surface area (Å²) < 4.78 is 5.02. The van der Waals surface area contributed by atoms with Gasteiger partial charge in [0.1, 0.15) is 6.04 Å². The fourth-order valence-corrected chi connectivity index (χ4v) is 4.38. The Bertz CT molecular complexity index is 1510. The summed E-state index contributed by atoms with van der Waals surface area (Å²) in [6.07, 6.45) is 6.50. The maximum atomic E-state index is 13.7. The average molecular weight is 543 g/mol. The Balaban J connectivity index is 1.39. The number of hydrogen-bond donors (Lipinski definition) is 2. The fraction of sp³-hybridized carbons (Fsp3) is 0.143. The van der Waals surface area contributed by atoms with Crippen LogP contribution in [-0.4, -0.2) is 50.7 Å². The SMILES string of the molecule is COc1cnc(NC(=O)c2ccc(CN3C(=O)c4ccc(Cl)cc4NC(=O)[C@H]3Cc3cccnc3)cc2)nc1. The molecule has 0 radical (unpaired) electrons.